The lowest BCUT2D eigenvalue weighted by Gasteiger charge is -2.60. The number of hydrogen-bond donors (Lipinski definition) is 2. The highest BCUT2D eigenvalue weighted by Gasteiger charge is 2.57. The van der Waals surface area contributed by atoms with Crippen LogP contribution in [0.15, 0.2) is 6.20 Å². The van der Waals surface area contributed by atoms with Crippen LogP contribution in [0.2, 0.25) is 5.28 Å². The van der Waals surface area contributed by atoms with Crippen molar-refractivity contribution in [2.45, 2.75) is 56.6 Å². The number of rotatable bonds is 3. The maximum Gasteiger partial charge on any atom is 0.224 e. The summed E-state index contributed by atoms with van der Waals surface area (Å²) >= 11 is 5.91. The third-order valence-electron chi connectivity index (χ3n) is 5.55. The van der Waals surface area contributed by atoms with Crippen LogP contribution in [-0.4, -0.2) is 32.0 Å². The third-order valence-corrected chi connectivity index (χ3v) is 5.73. The van der Waals surface area contributed by atoms with E-state index >= 15 is 0 Å². The predicted molar refractivity (Wildman–Crippen MR) is 83.0 cm³/mol. The molecular formula is C16H20ClN3O2. The van der Waals surface area contributed by atoms with Gasteiger partial charge in [-0.1, -0.05) is 0 Å². The number of hydrogen-bond acceptors (Lipinski definition) is 5. The van der Waals surface area contributed by atoms with Crippen molar-refractivity contribution in [2.24, 2.45) is 11.8 Å². The average molecular weight is 322 g/mol. The van der Waals surface area contributed by atoms with Crippen LogP contribution in [0.1, 0.15) is 55.8 Å². The summed E-state index contributed by atoms with van der Waals surface area (Å²) in [6.45, 7) is 1.50. The van der Waals surface area contributed by atoms with E-state index in [0.717, 1.165) is 32.1 Å². The summed E-state index contributed by atoms with van der Waals surface area (Å²) in [7, 11) is 0. The van der Waals surface area contributed by atoms with E-state index in [2.05, 4.69) is 15.3 Å². The normalized spacial score (nSPS) is 39.0. The molecule has 4 saturated carbocycles. The minimum atomic E-state index is -0.551. The lowest BCUT2D eigenvalue weighted by Crippen LogP contribution is -2.62. The molecule has 2 atom stereocenters. The molecule has 1 heterocycles. The van der Waals surface area contributed by atoms with Crippen molar-refractivity contribution in [3.63, 3.8) is 0 Å². The van der Waals surface area contributed by atoms with Crippen LogP contribution >= 0.6 is 11.6 Å². The highest BCUT2D eigenvalue weighted by Crippen LogP contribution is 2.58. The Labute approximate surface area is 134 Å². The molecule has 4 aliphatic rings. The van der Waals surface area contributed by atoms with Crippen molar-refractivity contribution >= 4 is 23.2 Å². The van der Waals surface area contributed by atoms with E-state index in [1.54, 1.807) is 0 Å². The van der Waals surface area contributed by atoms with Crippen molar-refractivity contribution in [3.8, 4) is 0 Å². The second-order valence-corrected chi connectivity index (χ2v) is 7.89. The molecule has 22 heavy (non-hydrogen) atoms. The average Bonchev–Trinajstić information content (AvgIpc) is 2.34. The molecule has 0 saturated heterocycles. The van der Waals surface area contributed by atoms with Crippen molar-refractivity contribution in [1.82, 2.24) is 9.97 Å². The molecule has 5 rings (SSSR count). The Kier molecular flexibility index (Phi) is 3.04. The number of nitrogens with one attached hydrogen (secondary N) is 1. The fraction of sp³-hybridized carbons (Fsp3) is 0.688. The Balaban J connectivity index is 1.69. The van der Waals surface area contributed by atoms with Gasteiger partial charge in [0.2, 0.25) is 5.28 Å². The summed E-state index contributed by atoms with van der Waals surface area (Å²) in [4.78, 5) is 20.0. The maximum atomic E-state index is 11.8. The molecule has 5 nitrogen and oxygen atoms in total. The van der Waals surface area contributed by atoms with Gasteiger partial charge in [0.25, 0.3) is 0 Å². The minimum absolute atomic E-state index is 0.0809. The number of nitrogens with zero attached hydrogens (tertiary/aromatic N) is 2. The van der Waals surface area contributed by atoms with Crippen molar-refractivity contribution in [1.29, 1.82) is 0 Å². The highest BCUT2D eigenvalue weighted by molar-refractivity contribution is 6.28. The lowest BCUT2D eigenvalue weighted by atomic mass is 9.51. The molecule has 4 fully saturated rings. The molecule has 6 heteroatoms. The summed E-state index contributed by atoms with van der Waals surface area (Å²) in [5.74, 6) is 1.56. The van der Waals surface area contributed by atoms with E-state index in [1.807, 2.05) is 0 Å². The fourth-order valence-electron chi connectivity index (χ4n) is 5.32. The number of anilines is 1. The van der Waals surface area contributed by atoms with Gasteiger partial charge in [-0.15, -0.1) is 0 Å². The summed E-state index contributed by atoms with van der Waals surface area (Å²) in [5.41, 5.74) is -0.252. The number of carbonyl (C=O) groups excluding carboxylic acids is 1. The molecular weight excluding hydrogens is 302 g/mol. The van der Waals surface area contributed by atoms with Gasteiger partial charge in [-0.2, -0.15) is 0 Å². The van der Waals surface area contributed by atoms with Crippen LogP contribution in [0.3, 0.4) is 0 Å². The van der Waals surface area contributed by atoms with E-state index in [4.69, 9.17) is 11.6 Å². The highest BCUT2D eigenvalue weighted by atomic mass is 35.5. The molecule has 0 amide bonds. The van der Waals surface area contributed by atoms with E-state index in [0.29, 0.717) is 23.2 Å². The zero-order valence-corrected chi connectivity index (χ0v) is 13.4. The number of ketones is 1. The first-order chi connectivity index (χ1) is 10.4. The number of aliphatic hydroxyl groups is 1. The van der Waals surface area contributed by atoms with Gasteiger partial charge < -0.3 is 10.4 Å². The molecule has 118 valence electrons. The zero-order chi connectivity index (χ0) is 15.5. The van der Waals surface area contributed by atoms with Gasteiger partial charge >= 0.3 is 0 Å². The Morgan fingerprint density at radius 2 is 2.05 bits per heavy atom. The first-order valence-electron chi connectivity index (χ1n) is 7.91. The minimum Gasteiger partial charge on any atom is -0.390 e. The van der Waals surface area contributed by atoms with Gasteiger partial charge in [-0.05, 0) is 68.9 Å². The van der Waals surface area contributed by atoms with Crippen molar-refractivity contribution < 1.29 is 9.90 Å². The number of halogens is 1. The molecule has 0 aliphatic heterocycles. The molecule has 2 unspecified atom stereocenters. The summed E-state index contributed by atoms with van der Waals surface area (Å²) in [5, 5.41) is 14.4. The van der Waals surface area contributed by atoms with Gasteiger partial charge in [0, 0.05) is 11.7 Å². The first kappa shape index (κ1) is 14.4. The quantitative estimate of drug-likeness (QED) is 0.661. The van der Waals surface area contributed by atoms with Crippen LogP contribution in [0.4, 0.5) is 5.82 Å². The smallest absolute Gasteiger partial charge is 0.224 e. The van der Waals surface area contributed by atoms with Crippen LogP contribution in [0, 0.1) is 11.8 Å². The molecule has 1 aromatic heterocycles. The third kappa shape index (κ3) is 2.31. The molecule has 2 N–H and O–H groups in total. The number of aromatic nitrogens is 2. The van der Waals surface area contributed by atoms with Gasteiger partial charge in [0.05, 0.1) is 11.2 Å². The summed E-state index contributed by atoms with van der Waals surface area (Å²) < 4.78 is 0. The first-order valence-corrected chi connectivity index (χ1v) is 8.28. The van der Waals surface area contributed by atoms with Gasteiger partial charge in [0.1, 0.15) is 5.82 Å². The molecule has 4 aliphatic carbocycles. The Bertz CT molecular complexity index is 634. The molecule has 0 spiro atoms. The molecule has 0 aromatic carbocycles. The Hall–Kier alpha value is -1.20. The molecule has 1 aromatic rings. The van der Waals surface area contributed by atoms with E-state index < -0.39 is 5.60 Å². The summed E-state index contributed by atoms with van der Waals surface area (Å²) in [6.07, 6.45) is 7.32. The standard InChI is InChI=1S/C16H20ClN3O2/c1-9(21)12-7-18-14(17)19-13(12)20-15-3-10-2-11(4-15)6-16(22,5-10)8-15/h7,10-11,22H,2-6,8H2,1H3,(H,18,19,20). The Morgan fingerprint density at radius 1 is 1.36 bits per heavy atom. The molecule has 4 bridgehead atoms. The van der Waals surface area contributed by atoms with Crippen LogP contribution in [0.5, 0.6) is 0 Å². The fourth-order valence-corrected chi connectivity index (χ4v) is 5.46. The topological polar surface area (TPSA) is 75.1 Å². The predicted octanol–water partition coefficient (Wildman–Crippen LogP) is 2.83. The van der Waals surface area contributed by atoms with Crippen molar-refractivity contribution in [3.05, 3.63) is 17.0 Å². The SMILES string of the molecule is CC(=O)c1cnc(Cl)nc1NC12CC3CC(CC(O)(C3)C1)C2. The monoisotopic (exact) mass is 321 g/mol. The van der Waals surface area contributed by atoms with Crippen LogP contribution in [0.25, 0.3) is 0 Å². The lowest BCUT2D eigenvalue weighted by molar-refractivity contribution is -0.127. The summed E-state index contributed by atoms with van der Waals surface area (Å²) in [6, 6.07) is 0. The van der Waals surface area contributed by atoms with Crippen LogP contribution < -0.4 is 5.32 Å². The number of Topliss-reactive ketones (excluding diaryl/α,β-unsaturated/α-hetero) is 1. The van der Waals surface area contributed by atoms with Crippen LogP contribution in [-0.2, 0) is 0 Å². The van der Waals surface area contributed by atoms with Gasteiger partial charge in [0.15, 0.2) is 5.78 Å². The largest absolute Gasteiger partial charge is 0.390 e. The zero-order valence-electron chi connectivity index (χ0n) is 12.6. The second kappa shape index (κ2) is 4.65. The van der Waals surface area contributed by atoms with E-state index in [1.165, 1.54) is 19.5 Å². The Morgan fingerprint density at radius 3 is 2.64 bits per heavy atom. The maximum absolute atomic E-state index is 11.8. The van der Waals surface area contributed by atoms with Crippen molar-refractivity contribution in [2.75, 3.05) is 5.32 Å². The van der Waals surface area contributed by atoms with Gasteiger partial charge in [-0.3, -0.25) is 4.79 Å². The second-order valence-electron chi connectivity index (χ2n) is 7.55. The van der Waals surface area contributed by atoms with E-state index in [-0.39, 0.29) is 16.6 Å². The van der Waals surface area contributed by atoms with E-state index in [9.17, 15) is 9.90 Å². The molecule has 0 radical (unpaired) electrons. The number of carbonyl (C=O) groups is 1. The van der Waals surface area contributed by atoms with Gasteiger partial charge in [-0.25, -0.2) is 9.97 Å².